The minimum atomic E-state index is -4.47. The summed E-state index contributed by atoms with van der Waals surface area (Å²) < 4.78 is 53.3. The van der Waals surface area contributed by atoms with Gasteiger partial charge in [0.1, 0.15) is 5.82 Å². The maximum Gasteiger partial charge on any atom is 0.410 e. The Morgan fingerprint density at radius 1 is 1.14 bits per heavy atom. The van der Waals surface area contributed by atoms with Gasteiger partial charge in [-0.2, -0.15) is 18.3 Å². The van der Waals surface area contributed by atoms with Gasteiger partial charge in [0.25, 0.3) is 0 Å². The monoisotopic (exact) mass is 486 g/mol. The lowest BCUT2D eigenvalue weighted by Gasteiger charge is -2.34. The number of rotatable bonds is 6. The van der Waals surface area contributed by atoms with Crippen molar-refractivity contribution in [2.45, 2.75) is 51.0 Å². The maximum atomic E-state index is 13.9. The van der Waals surface area contributed by atoms with Crippen molar-refractivity contribution in [1.29, 1.82) is 0 Å². The molecule has 0 saturated carbocycles. The van der Waals surface area contributed by atoms with Gasteiger partial charge in [0.05, 0.1) is 18.7 Å². The second-order valence-corrected chi connectivity index (χ2v) is 8.69. The highest BCUT2D eigenvalue weighted by Gasteiger charge is 2.47. The van der Waals surface area contributed by atoms with Gasteiger partial charge in [-0.3, -0.25) is 4.79 Å². The number of halogens is 3. The van der Waals surface area contributed by atoms with Crippen LogP contribution in [0.5, 0.6) is 11.5 Å². The van der Waals surface area contributed by atoms with Crippen LogP contribution in [-0.2, 0) is 24.2 Å². The molecule has 0 fully saturated rings. The molecule has 3 heterocycles. The molecule has 1 amide bonds. The molecule has 0 spiro atoms. The summed E-state index contributed by atoms with van der Waals surface area (Å²) in [5.41, 5.74) is 3.12. The molecule has 2 aliphatic heterocycles. The van der Waals surface area contributed by atoms with E-state index in [2.05, 4.69) is 15.7 Å². The number of benzene rings is 2. The summed E-state index contributed by atoms with van der Waals surface area (Å²) in [4.78, 5) is 12.6. The fourth-order valence-electron chi connectivity index (χ4n) is 4.43. The third-order valence-corrected chi connectivity index (χ3v) is 6.38. The average Bonchev–Trinajstić information content (AvgIpc) is 3.48. The van der Waals surface area contributed by atoms with E-state index in [1.54, 1.807) is 12.1 Å². The minimum absolute atomic E-state index is 0.0983. The molecule has 0 bridgehead atoms. The Kier molecular flexibility index (Phi) is 6.04. The number of hydrogen-bond donors (Lipinski definition) is 2. The van der Waals surface area contributed by atoms with Gasteiger partial charge in [0.15, 0.2) is 17.5 Å². The number of nitrogens with one attached hydrogen (secondary N) is 2. The SMILES string of the molecule is CCc1ccc([C@H]2C[C@@H](C(F)(F)F)n3ncc(CC(=O)NCc4ccc5c(c4)OCO5)c3N2)cc1. The van der Waals surface area contributed by atoms with E-state index in [4.69, 9.17) is 9.47 Å². The van der Waals surface area contributed by atoms with E-state index in [0.29, 0.717) is 17.1 Å². The van der Waals surface area contributed by atoms with Crippen LogP contribution < -0.4 is 20.1 Å². The first-order valence-corrected chi connectivity index (χ1v) is 11.5. The normalized spacial score (nSPS) is 18.6. The molecule has 0 unspecified atom stereocenters. The third kappa shape index (κ3) is 4.78. The maximum absolute atomic E-state index is 13.9. The van der Waals surface area contributed by atoms with Crippen LogP contribution in [0.25, 0.3) is 0 Å². The number of hydrogen-bond acceptors (Lipinski definition) is 5. The molecule has 1 aromatic heterocycles. The highest BCUT2D eigenvalue weighted by Crippen LogP contribution is 2.44. The average molecular weight is 486 g/mol. The third-order valence-electron chi connectivity index (χ3n) is 6.38. The van der Waals surface area contributed by atoms with Crippen LogP contribution in [0.2, 0.25) is 0 Å². The molecular weight excluding hydrogens is 461 g/mol. The van der Waals surface area contributed by atoms with E-state index in [1.165, 1.54) is 6.20 Å². The predicted octanol–water partition coefficient (Wildman–Crippen LogP) is 4.69. The van der Waals surface area contributed by atoms with Crippen molar-refractivity contribution in [2.24, 2.45) is 0 Å². The Bertz CT molecular complexity index is 1220. The summed E-state index contributed by atoms with van der Waals surface area (Å²) in [6.45, 7) is 2.44. The molecule has 2 atom stereocenters. The zero-order valence-electron chi connectivity index (χ0n) is 19.1. The van der Waals surface area contributed by atoms with Gasteiger partial charge in [-0.15, -0.1) is 0 Å². The van der Waals surface area contributed by atoms with Crippen LogP contribution in [0, 0.1) is 0 Å². The molecular formula is C25H25F3N4O3. The van der Waals surface area contributed by atoms with Crippen molar-refractivity contribution in [3.8, 4) is 11.5 Å². The Morgan fingerprint density at radius 3 is 2.63 bits per heavy atom. The molecule has 2 aromatic carbocycles. The number of carbonyl (C=O) groups is 1. The van der Waals surface area contributed by atoms with E-state index >= 15 is 0 Å². The van der Waals surface area contributed by atoms with Crippen LogP contribution in [0.1, 0.15) is 47.7 Å². The van der Waals surface area contributed by atoms with Gasteiger partial charge in [-0.1, -0.05) is 37.3 Å². The number of aryl methyl sites for hydroxylation is 1. The van der Waals surface area contributed by atoms with Crippen molar-refractivity contribution in [1.82, 2.24) is 15.1 Å². The van der Waals surface area contributed by atoms with E-state index in [-0.39, 0.29) is 37.9 Å². The first kappa shape index (κ1) is 23.1. The van der Waals surface area contributed by atoms with Crippen molar-refractivity contribution < 1.29 is 27.4 Å². The van der Waals surface area contributed by atoms with Gasteiger partial charge in [-0.25, -0.2) is 4.68 Å². The lowest BCUT2D eigenvalue weighted by Crippen LogP contribution is -2.36. The number of alkyl halides is 3. The van der Waals surface area contributed by atoms with Gasteiger partial charge >= 0.3 is 6.18 Å². The molecule has 0 radical (unpaired) electrons. The minimum Gasteiger partial charge on any atom is -0.454 e. The summed E-state index contributed by atoms with van der Waals surface area (Å²) in [6, 6.07) is 10.6. The first-order valence-electron chi connectivity index (χ1n) is 11.5. The van der Waals surface area contributed by atoms with Crippen LogP contribution in [0.4, 0.5) is 19.0 Å². The molecule has 184 valence electrons. The van der Waals surface area contributed by atoms with Crippen molar-refractivity contribution in [3.05, 3.63) is 70.9 Å². The molecule has 0 aliphatic carbocycles. The molecule has 7 nitrogen and oxygen atoms in total. The molecule has 0 saturated heterocycles. The van der Waals surface area contributed by atoms with Crippen molar-refractivity contribution in [3.63, 3.8) is 0 Å². The quantitative estimate of drug-likeness (QED) is 0.529. The van der Waals surface area contributed by atoms with Crippen LogP contribution in [0.15, 0.2) is 48.7 Å². The first-order chi connectivity index (χ1) is 16.8. The van der Waals surface area contributed by atoms with Gasteiger partial charge in [0.2, 0.25) is 12.7 Å². The topological polar surface area (TPSA) is 77.4 Å². The predicted molar refractivity (Wildman–Crippen MR) is 122 cm³/mol. The molecule has 5 rings (SSSR count). The van der Waals surface area contributed by atoms with E-state index in [1.807, 2.05) is 37.3 Å². The van der Waals surface area contributed by atoms with Crippen LogP contribution in [-0.4, -0.2) is 28.7 Å². The summed E-state index contributed by atoms with van der Waals surface area (Å²) in [6.07, 6.45) is -2.56. The summed E-state index contributed by atoms with van der Waals surface area (Å²) in [5.74, 6) is 1.17. The van der Waals surface area contributed by atoms with Gasteiger partial charge in [-0.05, 0) is 35.2 Å². The molecule has 35 heavy (non-hydrogen) atoms. The van der Waals surface area contributed by atoms with Crippen molar-refractivity contribution in [2.75, 3.05) is 12.1 Å². The Labute approximate surface area is 200 Å². The number of carbonyl (C=O) groups excluding carboxylic acids is 1. The Balaban J connectivity index is 1.32. The van der Waals surface area contributed by atoms with E-state index in [0.717, 1.165) is 27.8 Å². The van der Waals surface area contributed by atoms with Gasteiger partial charge in [0, 0.05) is 18.5 Å². The zero-order chi connectivity index (χ0) is 24.6. The standard InChI is InChI=1S/C25H25F3N4O3/c1-2-15-3-6-17(7-4-15)19-11-22(25(26,27)28)32-24(31-19)18(13-30-32)10-23(33)29-12-16-5-8-20-21(9-16)35-14-34-20/h3-9,13,19,22,31H,2,10-12,14H2,1H3,(H,29,33)/t19-,22+/m1/s1. The smallest absolute Gasteiger partial charge is 0.410 e. The summed E-state index contributed by atoms with van der Waals surface area (Å²) in [5, 5.41) is 10.0. The number of fused-ring (bicyclic) bond motifs is 2. The lowest BCUT2D eigenvalue weighted by atomic mass is 9.95. The summed E-state index contributed by atoms with van der Waals surface area (Å²) in [7, 11) is 0. The van der Waals surface area contributed by atoms with E-state index in [9.17, 15) is 18.0 Å². The number of nitrogens with zero attached hydrogens (tertiary/aromatic N) is 2. The largest absolute Gasteiger partial charge is 0.454 e. The van der Waals surface area contributed by atoms with Crippen molar-refractivity contribution >= 4 is 11.7 Å². The van der Waals surface area contributed by atoms with Gasteiger partial charge < -0.3 is 20.1 Å². The van der Waals surface area contributed by atoms with Crippen LogP contribution in [0.3, 0.4) is 0 Å². The van der Waals surface area contributed by atoms with Crippen LogP contribution >= 0.6 is 0 Å². The highest BCUT2D eigenvalue weighted by atomic mass is 19.4. The summed E-state index contributed by atoms with van der Waals surface area (Å²) >= 11 is 0. The highest BCUT2D eigenvalue weighted by molar-refractivity contribution is 5.80. The fraction of sp³-hybridized carbons (Fsp3) is 0.360. The second kappa shape index (κ2) is 9.16. The Hall–Kier alpha value is -3.69. The van der Waals surface area contributed by atoms with E-state index < -0.39 is 18.3 Å². The Morgan fingerprint density at radius 2 is 1.89 bits per heavy atom. The zero-order valence-corrected chi connectivity index (χ0v) is 19.1. The molecule has 2 N–H and O–H groups in total. The molecule has 2 aliphatic rings. The number of aromatic nitrogens is 2. The number of ether oxygens (including phenoxy) is 2. The second-order valence-electron chi connectivity index (χ2n) is 8.69. The molecule has 10 heteroatoms. The fourth-order valence-corrected chi connectivity index (χ4v) is 4.43. The molecule has 3 aromatic rings. The number of amides is 1. The lowest BCUT2D eigenvalue weighted by molar-refractivity contribution is -0.173. The number of anilines is 1.